The maximum Gasteiger partial charge on any atom is 0.332 e. The number of ether oxygens (including phenoxy) is 1. The van der Waals surface area contributed by atoms with Crippen LogP contribution in [-0.2, 0) is 9.53 Å². The van der Waals surface area contributed by atoms with Gasteiger partial charge in [-0.2, -0.15) is 0 Å². The van der Waals surface area contributed by atoms with Crippen molar-refractivity contribution in [3.63, 3.8) is 0 Å². The van der Waals surface area contributed by atoms with Gasteiger partial charge in [0.25, 0.3) is 0 Å². The molecule has 2 atom stereocenters. The topological polar surface area (TPSA) is 78.9 Å². The van der Waals surface area contributed by atoms with Gasteiger partial charge in [0.1, 0.15) is 0 Å². The fourth-order valence-electron chi connectivity index (χ4n) is 1.52. The lowest BCUT2D eigenvalue weighted by Crippen LogP contribution is -2.41. The van der Waals surface area contributed by atoms with Gasteiger partial charge in [-0.15, -0.1) is 0 Å². The molecule has 0 spiro atoms. The third kappa shape index (κ3) is 3.37. The van der Waals surface area contributed by atoms with Crippen LogP contribution in [0.25, 0.3) is 0 Å². The average molecular weight is 230 g/mol. The minimum Gasteiger partial charge on any atom is -0.479 e. The number of rotatable bonds is 4. The van der Waals surface area contributed by atoms with Gasteiger partial charge >= 0.3 is 12.0 Å². The van der Waals surface area contributed by atoms with Crippen molar-refractivity contribution < 1.29 is 19.4 Å². The fraction of sp³-hybridized carbons (Fsp3) is 0.800. The van der Waals surface area contributed by atoms with Crippen LogP contribution in [0.15, 0.2) is 0 Å². The lowest BCUT2D eigenvalue weighted by molar-refractivity contribution is -0.149. The van der Waals surface area contributed by atoms with E-state index in [9.17, 15) is 9.59 Å². The number of carbonyl (C=O) groups is 2. The second kappa shape index (κ2) is 5.69. The normalized spacial score (nSPS) is 24.1. The number of carboxylic acid groups (broad SMARTS) is 1. The molecule has 0 aromatic heterocycles. The molecule has 1 heterocycles. The van der Waals surface area contributed by atoms with E-state index in [1.165, 1.54) is 0 Å². The summed E-state index contributed by atoms with van der Waals surface area (Å²) >= 11 is 0. The van der Waals surface area contributed by atoms with Crippen molar-refractivity contribution in [2.45, 2.75) is 32.0 Å². The predicted octanol–water partition coefficient (Wildman–Crippen LogP) is 0.280. The number of hydrogen-bond acceptors (Lipinski definition) is 3. The Kier molecular flexibility index (Phi) is 4.54. The van der Waals surface area contributed by atoms with Gasteiger partial charge in [0, 0.05) is 20.1 Å². The largest absolute Gasteiger partial charge is 0.479 e. The highest BCUT2D eigenvalue weighted by atomic mass is 16.5. The Morgan fingerprint density at radius 1 is 1.50 bits per heavy atom. The molecule has 1 rings (SSSR count). The van der Waals surface area contributed by atoms with Crippen molar-refractivity contribution in [1.29, 1.82) is 0 Å². The number of amides is 2. The zero-order chi connectivity index (χ0) is 12.1. The summed E-state index contributed by atoms with van der Waals surface area (Å²) in [5.41, 5.74) is 0. The van der Waals surface area contributed by atoms with Crippen molar-refractivity contribution in [3.05, 3.63) is 0 Å². The summed E-state index contributed by atoms with van der Waals surface area (Å²) in [6.45, 7) is 2.88. The van der Waals surface area contributed by atoms with Gasteiger partial charge in [0.05, 0.1) is 6.10 Å². The maximum atomic E-state index is 11.4. The molecule has 0 radical (unpaired) electrons. The molecule has 16 heavy (non-hydrogen) atoms. The summed E-state index contributed by atoms with van der Waals surface area (Å²) in [6.07, 6.45) is 0.285. The molecule has 2 unspecified atom stereocenters. The third-order valence-corrected chi connectivity index (χ3v) is 2.68. The van der Waals surface area contributed by atoms with Crippen LogP contribution in [0.5, 0.6) is 0 Å². The molecule has 0 aliphatic carbocycles. The Labute approximate surface area is 94.6 Å². The van der Waals surface area contributed by atoms with Crippen LogP contribution >= 0.6 is 0 Å². The maximum absolute atomic E-state index is 11.4. The highest BCUT2D eigenvalue weighted by Gasteiger charge is 2.30. The number of nitrogens with zero attached hydrogens (tertiary/aromatic N) is 1. The Bertz CT molecular complexity index is 270. The van der Waals surface area contributed by atoms with E-state index in [1.54, 1.807) is 11.9 Å². The highest BCUT2D eigenvalue weighted by Crippen LogP contribution is 2.19. The van der Waals surface area contributed by atoms with E-state index in [4.69, 9.17) is 9.84 Å². The number of carbonyl (C=O) groups excluding carboxylic acids is 1. The standard InChI is InChI=1S/C10H18N2O4/c1-3-12(2)10(15)11-6-7-4-5-8(16-7)9(13)14/h7-8H,3-6H2,1-2H3,(H,11,15)(H,13,14). The van der Waals surface area contributed by atoms with Gasteiger partial charge in [-0.05, 0) is 19.8 Å². The van der Waals surface area contributed by atoms with Gasteiger partial charge in [-0.25, -0.2) is 9.59 Å². The quantitative estimate of drug-likeness (QED) is 0.727. The molecule has 1 fully saturated rings. The summed E-state index contributed by atoms with van der Waals surface area (Å²) in [4.78, 5) is 23.6. The van der Waals surface area contributed by atoms with Crippen LogP contribution in [0.2, 0.25) is 0 Å². The Morgan fingerprint density at radius 2 is 2.19 bits per heavy atom. The Morgan fingerprint density at radius 3 is 2.69 bits per heavy atom. The first-order chi connectivity index (χ1) is 7.54. The summed E-state index contributed by atoms with van der Waals surface area (Å²) in [7, 11) is 1.70. The first-order valence-electron chi connectivity index (χ1n) is 5.41. The predicted molar refractivity (Wildman–Crippen MR) is 57.2 cm³/mol. The van der Waals surface area contributed by atoms with Crippen molar-refractivity contribution in [3.8, 4) is 0 Å². The van der Waals surface area contributed by atoms with E-state index >= 15 is 0 Å². The SMILES string of the molecule is CCN(C)C(=O)NCC1CCC(C(=O)O)O1. The van der Waals surface area contributed by atoms with E-state index in [0.717, 1.165) is 0 Å². The van der Waals surface area contributed by atoms with Crippen LogP contribution in [0.1, 0.15) is 19.8 Å². The van der Waals surface area contributed by atoms with Crippen molar-refractivity contribution in [1.82, 2.24) is 10.2 Å². The second-order valence-electron chi connectivity index (χ2n) is 3.86. The van der Waals surface area contributed by atoms with Crippen LogP contribution in [-0.4, -0.2) is 54.4 Å². The van der Waals surface area contributed by atoms with E-state index in [0.29, 0.717) is 25.9 Å². The molecule has 0 aromatic carbocycles. The minimum atomic E-state index is -0.931. The van der Waals surface area contributed by atoms with Crippen molar-refractivity contribution in [2.75, 3.05) is 20.1 Å². The second-order valence-corrected chi connectivity index (χ2v) is 3.86. The third-order valence-electron chi connectivity index (χ3n) is 2.68. The van der Waals surface area contributed by atoms with E-state index in [1.807, 2.05) is 6.92 Å². The molecule has 0 bridgehead atoms. The van der Waals surface area contributed by atoms with Crippen LogP contribution in [0.4, 0.5) is 4.79 Å². The van der Waals surface area contributed by atoms with Gasteiger partial charge in [0.15, 0.2) is 6.10 Å². The van der Waals surface area contributed by atoms with Crippen LogP contribution in [0, 0.1) is 0 Å². The van der Waals surface area contributed by atoms with Gasteiger partial charge < -0.3 is 20.1 Å². The zero-order valence-corrected chi connectivity index (χ0v) is 9.60. The highest BCUT2D eigenvalue weighted by molar-refractivity contribution is 5.74. The molecule has 0 saturated carbocycles. The van der Waals surface area contributed by atoms with Crippen molar-refractivity contribution >= 4 is 12.0 Å². The Hall–Kier alpha value is -1.30. The smallest absolute Gasteiger partial charge is 0.332 e. The summed E-state index contributed by atoms with van der Waals surface area (Å²) in [6, 6.07) is -0.162. The fourth-order valence-corrected chi connectivity index (χ4v) is 1.52. The number of hydrogen-bond donors (Lipinski definition) is 2. The zero-order valence-electron chi connectivity index (χ0n) is 9.60. The molecule has 6 nitrogen and oxygen atoms in total. The van der Waals surface area contributed by atoms with Gasteiger partial charge in [0.2, 0.25) is 0 Å². The number of aliphatic carboxylic acids is 1. The summed E-state index contributed by atoms with van der Waals surface area (Å²) < 4.78 is 5.25. The average Bonchev–Trinajstić information content (AvgIpc) is 2.73. The molecule has 0 aromatic rings. The molecular weight excluding hydrogens is 212 g/mol. The van der Waals surface area contributed by atoms with Crippen LogP contribution in [0.3, 0.4) is 0 Å². The van der Waals surface area contributed by atoms with Gasteiger partial charge in [-0.3, -0.25) is 0 Å². The summed E-state index contributed by atoms with van der Waals surface area (Å²) in [5, 5.41) is 11.4. The number of carboxylic acids is 1. The number of nitrogens with one attached hydrogen (secondary N) is 1. The number of urea groups is 1. The van der Waals surface area contributed by atoms with E-state index in [-0.39, 0.29) is 12.1 Å². The lowest BCUT2D eigenvalue weighted by atomic mass is 10.2. The van der Waals surface area contributed by atoms with E-state index < -0.39 is 12.1 Å². The molecule has 1 aliphatic rings. The first kappa shape index (κ1) is 12.8. The summed E-state index contributed by atoms with van der Waals surface area (Å²) in [5.74, 6) is -0.931. The lowest BCUT2D eigenvalue weighted by Gasteiger charge is -2.17. The molecule has 6 heteroatoms. The molecule has 2 amide bonds. The van der Waals surface area contributed by atoms with Gasteiger partial charge in [-0.1, -0.05) is 0 Å². The molecule has 2 N–H and O–H groups in total. The van der Waals surface area contributed by atoms with Crippen LogP contribution < -0.4 is 5.32 Å². The molecule has 1 aliphatic heterocycles. The van der Waals surface area contributed by atoms with E-state index in [2.05, 4.69) is 5.32 Å². The Balaban J connectivity index is 2.25. The molecular formula is C10H18N2O4. The minimum absolute atomic E-state index is 0.162. The molecule has 1 saturated heterocycles. The first-order valence-corrected chi connectivity index (χ1v) is 5.41. The molecule has 92 valence electrons. The monoisotopic (exact) mass is 230 g/mol. The van der Waals surface area contributed by atoms with Crippen molar-refractivity contribution in [2.24, 2.45) is 0 Å².